The molecular weight excluding hydrogens is 297 g/mol. The highest BCUT2D eigenvalue weighted by Gasteiger charge is 2.34. The molecule has 0 aromatic carbocycles. The van der Waals surface area contributed by atoms with E-state index in [-0.39, 0.29) is 4.90 Å². The number of aromatic nitrogens is 1. The van der Waals surface area contributed by atoms with E-state index in [1.165, 1.54) is 0 Å². The fourth-order valence-electron chi connectivity index (χ4n) is 1.50. The fraction of sp³-hybridized carbons (Fsp3) is 0.400. The zero-order valence-electron chi connectivity index (χ0n) is 10.5. The number of nitrogen functional groups attached to an aromatic ring is 1. The molecule has 3 N–H and O–H groups in total. The van der Waals surface area contributed by atoms with Gasteiger partial charge >= 0.3 is 6.18 Å². The molecule has 0 aliphatic heterocycles. The van der Waals surface area contributed by atoms with E-state index in [2.05, 4.69) is 4.98 Å². The number of nitrogens with two attached hydrogens (primary N) is 1. The Morgan fingerprint density at radius 1 is 1.52 bits per heavy atom. The number of nitro groups is 1. The summed E-state index contributed by atoms with van der Waals surface area (Å²) in [6.07, 6.45) is -3.90. The van der Waals surface area contributed by atoms with Crippen LogP contribution in [0.5, 0.6) is 0 Å². The zero-order chi connectivity index (χ0) is 16.2. The van der Waals surface area contributed by atoms with Crippen molar-refractivity contribution in [3.63, 3.8) is 0 Å². The highest BCUT2D eigenvalue weighted by molar-refractivity contribution is 5.98. The van der Waals surface area contributed by atoms with Crippen molar-refractivity contribution in [3.05, 3.63) is 27.9 Å². The van der Waals surface area contributed by atoms with Gasteiger partial charge in [0.2, 0.25) is 0 Å². The predicted molar refractivity (Wildman–Crippen MR) is 64.3 cm³/mol. The van der Waals surface area contributed by atoms with Gasteiger partial charge in [-0.05, 0) is 0 Å². The van der Waals surface area contributed by atoms with Crippen LogP contribution in [0.1, 0.15) is 10.4 Å². The maximum absolute atomic E-state index is 12.4. The number of aliphatic hydroxyl groups is 1. The zero-order valence-corrected chi connectivity index (χ0v) is 10.5. The van der Waals surface area contributed by atoms with Crippen LogP contribution in [0.2, 0.25) is 0 Å². The minimum Gasteiger partial charge on any atom is -0.395 e. The minimum atomic E-state index is -4.69. The molecule has 21 heavy (non-hydrogen) atoms. The molecule has 0 spiro atoms. The van der Waals surface area contributed by atoms with E-state index >= 15 is 0 Å². The number of halogens is 3. The largest absolute Gasteiger partial charge is 0.406 e. The van der Waals surface area contributed by atoms with E-state index in [1.807, 2.05) is 0 Å². The number of nitrogens with zero attached hydrogens (tertiary/aromatic N) is 3. The number of pyridine rings is 1. The quantitative estimate of drug-likeness (QED) is 0.605. The van der Waals surface area contributed by atoms with Crippen molar-refractivity contribution in [2.45, 2.75) is 6.18 Å². The van der Waals surface area contributed by atoms with Gasteiger partial charge in [-0.15, -0.1) is 0 Å². The lowest BCUT2D eigenvalue weighted by molar-refractivity contribution is -0.385. The van der Waals surface area contributed by atoms with Crippen LogP contribution >= 0.6 is 0 Å². The number of carbonyl (C=O) groups excluding carboxylic acids is 1. The molecule has 0 atom stereocenters. The third-order valence-electron chi connectivity index (χ3n) is 2.37. The Balaban J connectivity index is 3.13. The third kappa shape index (κ3) is 4.56. The number of hydrogen-bond acceptors (Lipinski definition) is 6. The van der Waals surface area contributed by atoms with Gasteiger partial charge in [-0.25, -0.2) is 4.98 Å². The third-order valence-corrected chi connectivity index (χ3v) is 2.37. The van der Waals surface area contributed by atoms with Crippen LogP contribution in [0.25, 0.3) is 0 Å². The van der Waals surface area contributed by atoms with Gasteiger partial charge in [0, 0.05) is 12.6 Å². The monoisotopic (exact) mass is 308 g/mol. The standard InChI is InChI=1S/C10H11F3N4O4/c11-10(12,13)5-16(1-2-18)9(19)7-3-6(17(20)21)4-15-8(7)14/h3-4,18H,1-2,5H2,(H2,14,15). The number of anilines is 1. The SMILES string of the molecule is Nc1ncc([N+](=O)[O-])cc1C(=O)N(CCO)CC(F)(F)F. The molecule has 0 fully saturated rings. The molecule has 1 aromatic heterocycles. The van der Waals surface area contributed by atoms with Gasteiger partial charge in [0.25, 0.3) is 11.6 Å². The molecule has 116 valence electrons. The van der Waals surface area contributed by atoms with Crippen molar-refractivity contribution >= 4 is 17.4 Å². The molecule has 1 rings (SSSR count). The molecule has 0 saturated carbocycles. The molecule has 0 saturated heterocycles. The number of alkyl halides is 3. The lowest BCUT2D eigenvalue weighted by Gasteiger charge is -2.23. The van der Waals surface area contributed by atoms with Crippen molar-refractivity contribution in [3.8, 4) is 0 Å². The van der Waals surface area contributed by atoms with Gasteiger partial charge in [-0.3, -0.25) is 14.9 Å². The van der Waals surface area contributed by atoms with E-state index in [0.29, 0.717) is 0 Å². The van der Waals surface area contributed by atoms with Crippen LogP contribution < -0.4 is 5.73 Å². The van der Waals surface area contributed by atoms with Crippen LogP contribution in [0.4, 0.5) is 24.7 Å². The second kappa shape index (κ2) is 6.35. The van der Waals surface area contributed by atoms with Crippen molar-refractivity contribution in [2.75, 3.05) is 25.4 Å². The van der Waals surface area contributed by atoms with Crippen LogP contribution in [0.15, 0.2) is 12.3 Å². The van der Waals surface area contributed by atoms with E-state index < -0.39 is 53.8 Å². The Kier molecular flexibility index (Phi) is 5.02. The molecule has 0 aliphatic carbocycles. The lowest BCUT2D eigenvalue weighted by atomic mass is 10.2. The van der Waals surface area contributed by atoms with Crippen LogP contribution in [0.3, 0.4) is 0 Å². The van der Waals surface area contributed by atoms with E-state index in [0.717, 1.165) is 12.3 Å². The normalized spacial score (nSPS) is 11.2. The van der Waals surface area contributed by atoms with E-state index in [9.17, 15) is 28.1 Å². The lowest BCUT2D eigenvalue weighted by Crippen LogP contribution is -2.41. The average Bonchev–Trinajstić information content (AvgIpc) is 2.36. The van der Waals surface area contributed by atoms with E-state index in [4.69, 9.17) is 10.8 Å². The second-order valence-electron chi connectivity index (χ2n) is 3.95. The summed E-state index contributed by atoms with van der Waals surface area (Å²) in [7, 11) is 0. The van der Waals surface area contributed by atoms with Crippen molar-refractivity contribution < 1.29 is 28.0 Å². The van der Waals surface area contributed by atoms with Gasteiger partial charge in [0.05, 0.1) is 17.1 Å². The number of carbonyl (C=O) groups is 1. The average molecular weight is 308 g/mol. The molecule has 1 heterocycles. The number of hydrogen-bond donors (Lipinski definition) is 2. The van der Waals surface area contributed by atoms with Gasteiger partial charge in [0.15, 0.2) is 0 Å². The first kappa shape index (κ1) is 16.6. The summed E-state index contributed by atoms with van der Waals surface area (Å²) in [5, 5.41) is 19.3. The Labute approximate surface area is 116 Å². The topological polar surface area (TPSA) is 123 Å². The van der Waals surface area contributed by atoms with Crippen molar-refractivity contribution in [1.29, 1.82) is 0 Å². The smallest absolute Gasteiger partial charge is 0.395 e. The molecule has 0 aliphatic rings. The van der Waals surface area contributed by atoms with Gasteiger partial charge in [0.1, 0.15) is 18.6 Å². The number of amides is 1. The summed E-state index contributed by atoms with van der Waals surface area (Å²) in [6, 6.07) is 0.741. The van der Waals surface area contributed by atoms with Crippen LogP contribution in [0, 0.1) is 10.1 Å². The minimum absolute atomic E-state index is 0.289. The van der Waals surface area contributed by atoms with Gasteiger partial charge < -0.3 is 15.7 Å². The summed E-state index contributed by atoms with van der Waals surface area (Å²) < 4.78 is 37.1. The maximum Gasteiger partial charge on any atom is 0.406 e. The summed E-state index contributed by atoms with van der Waals surface area (Å²) in [5.74, 6) is -1.63. The predicted octanol–water partition coefficient (Wildman–Crippen LogP) is 0.569. The van der Waals surface area contributed by atoms with E-state index in [1.54, 1.807) is 0 Å². The summed E-state index contributed by atoms with van der Waals surface area (Å²) in [6.45, 7) is -2.92. The highest BCUT2D eigenvalue weighted by Crippen LogP contribution is 2.22. The first-order chi connectivity index (χ1) is 9.65. The van der Waals surface area contributed by atoms with Gasteiger partial charge in [-0.2, -0.15) is 13.2 Å². The van der Waals surface area contributed by atoms with Crippen molar-refractivity contribution in [2.24, 2.45) is 0 Å². The highest BCUT2D eigenvalue weighted by atomic mass is 19.4. The van der Waals surface area contributed by atoms with Crippen molar-refractivity contribution in [1.82, 2.24) is 9.88 Å². The number of rotatable bonds is 5. The second-order valence-corrected chi connectivity index (χ2v) is 3.95. The maximum atomic E-state index is 12.4. The first-order valence-electron chi connectivity index (χ1n) is 5.52. The molecule has 1 amide bonds. The molecule has 0 radical (unpaired) electrons. The molecule has 11 heteroatoms. The Hall–Kier alpha value is -2.43. The molecule has 0 unspecified atom stereocenters. The first-order valence-corrected chi connectivity index (χ1v) is 5.52. The van der Waals surface area contributed by atoms with Crippen LogP contribution in [-0.4, -0.2) is 51.7 Å². The summed E-state index contributed by atoms with van der Waals surface area (Å²) in [5.41, 5.74) is 4.26. The molecular formula is C10H11F3N4O4. The Bertz CT molecular complexity index is 550. The fourth-order valence-corrected chi connectivity index (χ4v) is 1.50. The number of aliphatic hydroxyl groups excluding tert-OH is 1. The Morgan fingerprint density at radius 2 is 2.14 bits per heavy atom. The van der Waals surface area contributed by atoms with Crippen LogP contribution in [-0.2, 0) is 0 Å². The molecule has 1 aromatic rings. The summed E-state index contributed by atoms with van der Waals surface area (Å²) >= 11 is 0. The Morgan fingerprint density at radius 3 is 2.62 bits per heavy atom. The summed E-state index contributed by atoms with van der Waals surface area (Å²) in [4.78, 5) is 25.4. The molecule has 0 bridgehead atoms. The molecule has 8 nitrogen and oxygen atoms in total. The van der Waals surface area contributed by atoms with Gasteiger partial charge in [-0.1, -0.05) is 0 Å².